The molecule has 0 radical (unpaired) electrons. The van der Waals surface area contributed by atoms with Crippen molar-refractivity contribution in [2.75, 3.05) is 6.54 Å². The smallest absolute Gasteiger partial charge is 0.408 e. The number of nitrogens with two attached hydrogens (primary N) is 1. The molecule has 5 N–H and O–H groups in total. The van der Waals surface area contributed by atoms with Crippen LogP contribution in [0.5, 0.6) is 0 Å². The lowest BCUT2D eigenvalue weighted by atomic mass is 9.91. The first-order valence-electron chi connectivity index (χ1n) is 11.5. The summed E-state index contributed by atoms with van der Waals surface area (Å²) in [5.74, 6) is -1.48. The Bertz CT molecular complexity index is 873. The zero-order valence-corrected chi connectivity index (χ0v) is 19.3. The molecule has 1 aromatic carbocycles. The van der Waals surface area contributed by atoms with Gasteiger partial charge in [0.05, 0.1) is 0 Å². The molecule has 2 fully saturated rings. The van der Waals surface area contributed by atoms with E-state index >= 15 is 0 Å². The molecule has 0 aromatic heterocycles. The van der Waals surface area contributed by atoms with Gasteiger partial charge in [0.25, 0.3) is 0 Å². The number of hydrogen-bond donors (Lipinski definition) is 4. The number of ether oxygens (including phenoxy) is 1. The average molecular weight is 459 g/mol. The molecule has 0 spiro atoms. The maximum Gasteiger partial charge on any atom is 0.408 e. The van der Waals surface area contributed by atoms with Crippen molar-refractivity contribution in [3.63, 3.8) is 0 Å². The molecular formula is C24H34N4O5. The van der Waals surface area contributed by atoms with Gasteiger partial charge in [0.1, 0.15) is 18.7 Å². The first-order chi connectivity index (χ1) is 15.7. The normalized spacial score (nSPS) is 22.9. The third-order valence-corrected chi connectivity index (χ3v) is 6.64. The summed E-state index contributed by atoms with van der Waals surface area (Å²) >= 11 is 0. The summed E-state index contributed by atoms with van der Waals surface area (Å²) in [5.41, 5.74) is 6.45. The number of nitrogens with one attached hydrogen (secondary N) is 3. The lowest BCUT2D eigenvalue weighted by Gasteiger charge is -2.27. The van der Waals surface area contributed by atoms with Crippen LogP contribution >= 0.6 is 0 Å². The zero-order chi connectivity index (χ0) is 24.0. The summed E-state index contributed by atoms with van der Waals surface area (Å²) in [7, 11) is 0. The predicted octanol–water partition coefficient (Wildman–Crippen LogP) is 1.60. The highest BCUT2D eigenvalue weighted by atomic mass is 16.5. The van der Waals surface area contributed by atoms with Crippen molar-refractivity contribution in [2.24, 2.45) is 23.0 Å². The minimum Gasteiger partial charge on any atom is -0.445 e. The molecule has 1 saturated carbocycles. The minimum absolute atomic E-state index is 0.0800. The molecule has 0 bridgehead atoms. The number of alkyl carbamates (subject to hydrolysis) is 1. The molecule has 33 heavy (non-hydrogen) atoms. The van der Waals surface area contributed by atoms with Crippen LogP contribution in [0.1, 0.15) is 51.5 Å². The van der Waals surface area contributed by atoms with Gasteiger partial charge in [-0.25, -0.2) is 4.79 Å². The Morgan fingerprint density at radius 3 is 2.45 bits per heavy atom. The van der Waals surface area contributed by atoms with Gasteiger partial charge in [0.15, 0.2) is 0 Å². The second-order valence-corrected chi connectivity index (χ2v) is 9.71. The quantitative estimate of drug-likeness (QED) is 0.422. The standard InChI is InChI=1S/C24H34N4O5/c1-24(2)13-17(24)12-19(28-23(32)33-14-15-7-4-3-5-8-15)22(31)27-18(20(25)29)11-16-9-6-10-26-21(16)30/h3-5,7-8,16-19H,6,9-14H2,1-2H3,(H2,25,29)(H,26,30)(H,27,31)(H,28,32)/t16-,17?,18?,19?/m0/s1. The fourth-order valence-electron chi connectivity index (χ4n) is 4.26. The van der Waals surface area contributed by atoms with Crippen LogP contribution in [0.25, 0.3) is 0 Å². The molecule has 1 aliphatic heterocycles. The number of hydrogen-bond acceptors (Lipinski definition) is 5. The Labute approximate surface area is 194 Å². The Morgan fingerprint density at radius 2 is 1.85 bits per heavy atom. The van der Waals surface area contributed by atoms with Gasteiger partial charge in [-0.05, 0) is 49.0 Å². The molecule has 9 nitrogen and oxygen atoms in total. The van der Waals surface area contributed by atoms with E-state index < -0.39 is 30.0 Å². The van der Waals surface area contributed by atoms with Gasteiger partial charge in [0, 0.05) is 12.5 Å². The number of rotatable bonds is 10. The maximum atomic E-state index is 13.1. The van der Waals surface area contributed by atoms with E-state index in [9.17, 15) is 19.2 Å². The molecule has 1 aliphatic carbocycles. The summed E-state index contributed by atoms with van der Waals surface area (Å²) in [6, 6.07) is 7.36. The number of benzene rings is 1. The first-order valence-corrected chi connectivity index (χ1v) is 11.5. The number of primary amides is 1. The van der Waals surface area contributed by atoms with Crippen molar-refractivity contribution in [1.82, 2.24) is 16.0 Å². The number of amides is 4. The fraction of sp³-hybridized carbons (Fsp3) is 0.583. The topological polar surface area (TPSA) is 140 Å². The second kappa shape index (κ2) is 10.7. The van der Waals surface area contributed by atoms with Gasteiger partial charge in [-0.15, -0.1) is 0 Å². The SMILES string of the molecule is CC1(C)CC1CC(NC(=O)OCc1ccccc1)C(=O)NC(C[C@@H]1CCCNC1=O)C(N)=O. The van der Waals surface area contributed by atoms with Crippen LogP contribution in [0.2, 0.25) is 0 Å². The Balaban J connectivity index is 1.61. The van der Waals surface area contributed by atoms with E-state index in [2.05, 4.69) is 29.8 Å². The van der Waals surface area contributed by atoms with Crippen LogP contribution < -0.4 is 21.7 Å². The molecule has 1 heterocycles. The van der Waals surface area contributed by atoms with Crippen molar-refractivity contribution < 1.29 is 23.9 Å². The Hall–Kier alpha value is -3.10. The Morgan fingerprint density at radius 1 is 1.15 bits per heavy atom. The predicted molar refractivity (Wildman–Crippen MR) is 122 cm³/mol. The summed E-state index contributed by atoms with van der Waals surface area (Å²) in [6.45, 7) is 4.90. The second-order valence-electron chi connectivity index (χ2n) is 9.71. The molecular weight excluding hydrogens is 424 g/mol. The van der Waals surface area contributed by atoms with Crippen LogP contribution in [-0.4, -0.2) is 42.4 Å². The van der Waals surface area contributed by atoms with Gasteiger partial charge < -0.3 is 26.4 Å². The maximum absolute atomic E-state index is 13.1. The van der Waals surface area contributed by atoms with E-state index in [1.54, 1.807) is 0 Å². The van der Waals surface area contributed by atoms with E-state index in [1.807, 2.05) is 30.3 Å². The monoisotopic (exact) mass is 458 g/mol. The summed E-state index contributed by atoms with van der Waals surface area (Å²) in [5, 5.41) is 8.08. The van der Waals surface area contributed by atoms with E-state index in [4.69, 9.17) is 10.5 Å². The highest BCUT2D eigenvalue weighted by Gasteiger charge is 2.47. The van der Waals surface area contributed by atoms with Crippen molar-refractivity contribution in [3.05, 3.63) is 35.9 Å². The number of piperidine rings is 1. The molecule has 3 rings (SSSR count). The van der Waals surface area contributed by atoms with Crippen LogP contribution in [0, 0.1) is 17.3 Å². The highest BCUT2D eigenvalue weighted by Crippen LogP contribution is 2.54. The minimum atomic E-state index is -0.997. The van der Waals surface area contributed by atoms with E-state index in [-0.39, 0.29) is 36.2 Å². The molecule has 1 saturated heterocycles. The van der Waals surface area contributed by atoms with Crippen LogP contribution in [0.4, 0.5) is 4.79 Å². The summed E-state index contributed by atoms with van der Waals surface area (Å²) in [4.78, 5) is 49.6. The molecule has 1 aromatic rings. The van der Waals surface area contributed by atoms with E-state index in [0.717, 1.165) is 18.4 Å². The third kappa shape index (κ3) is 7.20. The van der Waals surface area contributed by atoms with Gasteiger partial charge in [-0.2, -0.15) is 0 Å². The largest absolute Gasteiger partial charge is 0.445 e. The van der Waals surface area contributed by atoms with Gasteiger partial charge in [0.2, 0.25) is 17.7 Å². The lowest BCUT2D eigenvalue weighted by molar-refractivity contribution is -0.131. The van der Waals surface area contributed by atoms with Crippen LogP contribution in [-0.2, 0) is 25.7 Å². The van der Waals surface area contributed by atoms with E-state index in [0.29, 0.717) is 19.4 Å². The van der Waals surface area contributed by atoms with Crippen LogP contribution in [0.15, 0.2) is 30.3 Å². The van der Waals surface area contributed by atoms with Gasteiger partial charge >= 0.3 is 6.09 Å². The van der Waals surface area contributed by atoms with Gasteiger partial charge in [-0.3, -0.25) is 14.4 Å². The lowest BCUT2D eigenvalue weighted by Crippen LogP contribution is -2.54. The highest BCUT2D eigenvalue weighted by molar-refractivity contribution is 5.91. The summed E-state index contributed by atoms with van der Waals surface area (Å²) < 4.78 is 5.28. The van der Waals surface area contributed by atoms with E-state index in [1.165, 1.54) is 0 Å². The fourth-order valence-corrected chi connectivity index (χ4v) is 4.26. The molecule has 9 heteroatoms. The molecule has 4 atom stereocenters. The number of carbonyl (C=O) groups excluding carboxylic acids is 4. The molecule has 2 aliphatic rings. The van der Waals surface area contributed by atoms with Crippen molar-refractivity contribution in [1.29, 1.82) is 0 Å². The van der Waals surface area contributed by atoms with Crippen molar-refractivity contribution in [3.8, 4) is 0 Å². The van der Waals surface area contributed by atoms with Crippen molar-refractivity contribution in [2.45, 2.75) is 64.6 Å². The van der Waals surface area contributed by atoms with Crippen LogP contribution in [0.3, 0.4) is 0 Å². The third-order valence-electron chi connectivity index (χ3n) is 6.64. The summed E-state index contributed by atoms with van der Waals surface area (Å²) in [6.07, 6.45) is 2.24. The molecule has 4 amide bonds. The van der Waals surface area contributed by atoms with Crippen molar-refractivity contribution >= 4 is 23.8 Å². The van der Waals surface area contributed by atoms with Gasteiger partial charge in [-0.1, -0.05) is 44.2 Å². The zero-order valence-electron chi connectivity index (χ0n) is 19.3. The molecule has 180 valence electrons. The Kier molecular flexibility index (Phi) is 7.94. The first kappa shape index (κ1) is 24.5. The average Bonchev–Trinajstić information content (AvgIpc) is 3.38. The molecule has 3 unspecified atom stereocenters. The number of carbonyl (C=O) groups is 4.